The minimum atomic E-state index is -4.39. The van der Waals surface area contributed by atoms with E-state index in [9.17, 15) is 19.0 Å². The molecule has 1 unspecified atom stereocenters. The lowest BCUT2D eigenvalue weighted by atomic mass is 10.0. The van der Waals surface area contributed by atoms with Gasteiger partial charge >= 0.3 is 19.8 Å². The first kappa shape index (κ1) is 59.7. The quantitative estimate of drug-likeness (QED) is 0.0212. The third kappa shape index (κ3) is 47.2. The van der Waals surface area contributed by atoms with Crippen LogP contribution in [0.4, 0.5) is 0 Å². The van der Waals surface area contributed by atoms with Gasteiger partial charge in [0.15, 0.2) is 6.10 Å². The Morgan fingerprint density at radius 1 is 0.500 bits per heavy atom. The molecule has 2 atom stereocenters. The second kappa shape index (κ2) is 43.9. The second-order valence-electron chi connectivity index (χ2n) is 17.8. The molecule has 9 nitrogen and oxygen atoms in total. The van der Waals surface area contributed by atoms with Crippen molar-refractivity contribution < 1.29 is 42.1 Å². The average molecular weight is 893 g/mol. The molecule has 0 aliphatic heterocycles. The molecule has 0 fully saturated rings. The molecule has 0 rings (SSSR count). The summed E-state index contributed by atoms with van der Waals surface area (Å²) < 4.78 is 34.4. The molecule has 0 radical (unpaired) electrons. The van der Waals surface area contributed by atoms with E-state index in [-0.39, 0.29) is 26.1 Å². The highest BCUT2D eigenvalue weighted by Crippen LogP contribution is 2.43. The lowest BCUT2D eigenvalue weighted by Gasteiger charge is -2.24. The maximum Gasteiger partial charge on any atom is 0.472 e. The van der Waals surface area contributed by atoms with Crippen LogP contribution in [0.5, 0.6) is 0 Å². The van der Waals surface area contributed by atoms with Crippen molar-refractivity contribution in [2.24, 2.45) is 0 Å². The van der Waals surface area contributed by atoms with Crippen LogP contribution in [0.1, 0.15) is 206 Å². The maximum absolute atomic E-state index is 12.7. The third-order valence-electron chi connectivity index (χ3n) is 10.5. The Hall–Kier alpha value is -2.29. The molecule has 0 bridgehead atoms. The Balaban J connectivity index is 4.34. The number of phosphoric ester groups is 1. The molecule has 0 saturated carbocycles. The molecular formula is C52H95NO8P+. The van der Waals surface area contributed by atoms with Crippen LogP contribution in [0.15, 0.2) is 60.8 Å². The van der Waals surface area contributed by atoms with Crippen molar-refractivity contribution in [3.8, 4) is 0 Å². The van der Waals surface area contributed by atoms with Crippen LogP contribution in [0.2, 0.25) is 0 Å². The summed E-state index contributed by atoms with van der Waals surface area (Å²) in [6.07, 6.45) is 54.2. The monoisotopic (exact) mass is 893 g/mol. The number of likely N-dealkylation sites (N-methyl/N-ethyl adjacent to an activating group) is 1. The summed E-state index contributed by atoms with van der Waals surface area (Å²) >= 11 is 0. The average Bonchev–Trinajstić information content (AvgIpc) is 3.23. The number of allylic oxidation sites excluding steroid dienone is 10. The zero-order chi connectivity index (χ0) is 45.7. The van der Waals surface area contributed by atoms with Crippen LogP contribution < -0.4 is 0 Å². The van der Waals surface area contributed by atoms with Crippen LogP contribution in [0.3, 0.4) is 0 Å². The Labute approximate surface area is 381 Å². The number of phosphoric acid groups is 1. The molecule has 0 saturated heterocycles. The Kier molecular flexibility index (Phi) is 42.3. The summed E-state index contributed by atoms with van der Waals surface area (Å²) in [5.41, 5.74) is 0. The van der Waals surface area contributed by atoms with Crippen molar-refractivity contribution in [2.75, 3.05) is 47.5 Å². The number of rotatable bonds is 45. The van der Waals surface area contributed by atoms with Crippen LogP contribution >= 0.6 is 7.82 Å². The summed E-state index contributed by atoms with van der Waals surface area (Å²) in [5, 5.41) is 0. The summed E-state index contributed by atoms with van der Waals surface area (Å²) in [6.45, 7) is 4.34. The van der Waals surface area contributed by atoms with Gasteiger partial charge in [-0.2, -0.15) is 0 Å². The van der Waals surface area contributed by atoms with Gasteiger partial charge in [0.2, 0.25) is 0 Å². The predicted octanol–water partition coefficient (Wildman–Crippen LogP) is 14.8. The van der Waals surface area contributed by atoms with E-state index in [1.807, 2.05) is 21.1 Å². The first-order valence-electron chi connectivity index (χ1n) is 25.0. The molecule has 1 N–H and O–H groups in total. The predicted molar refractivity (Wildman–Crippen MR) is 261 cm³/mol. The van der Waals surface area contributed by atoms with Gasteiger partial charge in [-0.15, -0.1) is 0 Å². The van der Waals surface area contributed by atoms with Crippen LogP contribution in [-0.4, -0.2) is 74.9 Å². The maximum atomic E-state index is 12.7. The lowest BCUT2D eigenvalue weighted by Crippen LogP contribution is -2.37. The van der Waals surface area contributed by atoms with Crippen molar-refractivity contribution in [3.63, 3.8) is 0 Å². The SMILES string of the molecule is CCCCC/C=C/C/C=C/C/C=C/C/C=C/CCCC(=O)OC[C@H](COP(=O)(O)OCC[N+](C)(C)C)OC(=O)CCCCCCCCCCCCC/C=C/CCCCCCCC. The third-order valence-corrected chi connectivity index (χ3v) is 11.5. The minimum absolute atomic E-state index is 0.0215. The van der Waals surface area contributed by atoms with E-state index in [1.54, 1.807) is 0 Å². The van der Waals surface area contributed by atoms with Crippen molar-refractivity contribution in [2.45, 2.75) is 213 Å². The molecule has 0 heterocycles. The molecule has 0 aliphatic carbocycles. The summed E-state index contributed by atoms with van der Waals surface area (Å²) in [5.74, 6) is -0.864. The fourth-order valence-electron chi connectivity index (χ4n) is 6.59. The number of hydrogen-bond donors (Lipinski definition) is 1. The standard InChI is InChI=1S/C52H94NO8P/c1-6-8-10-12-14-16-18-20-22-24-25-26-27-29-31-33-35-37-39-41-43-45-52(55)61-50(49-60-62(56,57)59-47-46-53(3,4)5)48-58-51(54)44-42-40-38-36-34-32-30-28-23-21-19-17-15-13-11-9-7-2/h15,17,20-23,30,32,36,38,50H,6-14,16,18-19,24-29,31,33-35,37,39-49H2,1-5H3/p+1/b17-15+,22-20+,23-21+,32-30+,38-36+/t50-/m1/s1. The molecule has 0 aromatic heterocycles. The fraction of sp³-hybridized carbons (Fsp3) is 0.769. The Morgan fingerprint density at radius 2 is 0.887 bits per heavy atom. The van der Waals surface area contributed by atoms with E-state index >= 15 is 0 Å². The van der Waals surface area contributed by atoms with Gasteiger partial charge in [-0.05, 0) is 77.0 Å². The van der Waals surface area contributed by atoms with Gasteiger partial charge in [0.25, 0.3) is 0 Å². The topological polar surface area (TPSA) is 108 Å². The van der Waals surface area contributed by atoms with Crippen LogP contribution in [0, 0.1) is 0 Å². The van der Waals surface area contributed by atoms with E-state index in [2.05, 4.69) is 74.6 Å². The Morgan fingerprint density at radius 3 is 1.39 bits per heavy atom. The highest BCUT2D eigenvalue weighted by atomic mass is 31.2. The minimum Gasteiger partial charge on any atom is -0.462 e. The number of carbonyl (C=O) groups is 2. The molecule has 62 heavy (non-hydrogen) atoms. The second-order valence-corrected chi connectivity index (χ2v) is 19.3. The highest BCUT2D eigenvalue weighted by molar-refractivity contribution is 7.47. The van der Waals surface area contributed by atoms with E-state index in [0.29, 0.717) is 23.9 Å². The molecule has 360 valence electrons. The van der Waals surface area contributed by atoms with Crippen molar-refractivity contribution in [3.05, 3.63) is 60.8 Å². The van der Waals surface area contributed by atoms with Crippen molar-refractivity contribution in [1.29, 1.82) is 0 Å². The number of hydrogen-bond acceptors (Lipinski definition) is 7. The van der Waals surface area contributed by atoms with E-state index in [1.165, 1.54) is 122 Å². The number of carbonyl (C=O) groups excluding carboxylic acids is 2. The first-order valence-corrected chi connectivity index (χ1v) is 26.5. The molecule has 10 heteroatoms. The van der Waals surface area contributed by atoms with Gasteiger partial charge in [0, 0.05) is 12.8 Å². The number of ether oxygens (including phenoxy) is 2. The van der Waals surface area contributed by atoms with Crippen molar-refractivity contribution >= 4 is 19.8 Å². The fourth-order valence-corrected chi connectivity index (χ4v) is 7.33. The van der Waals surface area contributed by atoms with Gasteiger partial charge in [-0.25, -0.2) is 4.57 Å². The first-order chi connectivity index (χ1) is 30.0. The Bertz CT molecular complexity index is 1240. The molecule has 0 aromatic rings. The number of quaternary nitrogens is 1. The van der Waals surface area contributed by atoms with Gasteiger partial charge in [-0.1, -0.05) is 177 Å². The summed E-state index contributed by atoms with van der Waals surface area (Å²) in [7, 11) is 1.44. The van der Waals surface area contributed by atoms with Gasteiger partial charge in [-0.3, -0.25) is 18.6 Å². The molecule has 0 amide bonds. The highest BCUT2D eigenvalue weighted by Gasteiger charge is 2.27. The van der Waals surface area contributed by atoms with Gasteiger partial charge in [0.05, 0.1) is 27.7 Å². The van der Waals surface area contributed by atoms with E-state index < -0.39 is 32.5 Å². The van der Waals surface area contributed by atoms with Gasteiger partial charge in [0.1, 0.15) is 19.8 Å². The zero-order valence-electron chi connectivity index (χ0n) is 40.6. The molecule has 0 aromatic carbocycles. The van der Waals surface area contributed by atoms with E-state index in [4.69, 9.17) is 18.5 Å². The summed E-state index contributed by atoms with van der Waals surface area (Å²) in [4.78, 5) is 35.5. The van der Waals surface area contributed by atoms with Crippen LogP contribution in [0.25, 0.3) is 0 Å². The zero-order valence-corrected chi connectivity index (χ0v) is 41.5. The normalized spacial score (nSPS) is 14.0. The van der Waals surface area contributed by atoms with Crippen LogP contribution in [-0.2, 0) is 32.7 Å². The number of unbranched alkanes of at least 4 members (excludes halogenated alkanes) is 21. The number of esters is 2. The molecule has 0 spiro atoms. The van der Waals surface area contributed by atoms with Gasteiger partial charge < -0.3 is 18.9 Å². The summed E-state index contributed by atoms with van der Waals surface area (Å²) in [6, 6.07) is 0. The van der Waals surface area contributed by atoms with E-state index in [0.717, 1.165) is 44.9 Å². The smallest absolute Gasteiger partial charge is 0.462 e. The largest absolute Gasteiger partial charge is 0.472 e. The molecule has 0 aliphatic rings. The number of nitrogens with zero attached hydrogens (tertiary/aromatic N) is 1. The molecular weight excluding hydrogens is 798 g/mol. The van der Waals surface area contributed by atoms with Crippen molar-refractivity contribution in [1.82, 2.24) is 0 Å². The lowest BCUT2D eigenvalue weighted by molar-refractivity contribution is -0.870.